The predicted octanol–water partition coefficient (Wildman–Crippen LogP) is 2.09. The average Bonchev–Trinajstić information content (AvgIpc) is 2.50. The molecule has 0 aliphatic carbocycles. The first-order valence-electron chi connectivity index (χ1n) is 7.67. The summed E-state index contributed by atoms with van der Waals surface area (Å²) < 4.78 is 0. The number of piperazine rings is 1. The third kappa shape index (κ3) is 2.87. The van der Waals surface area contributed by atoms with Gasteiger partial charge in [-0.3, -0.25) is 0 Å². The summed E-state index contributed by atoms with van der Waals surface area (Å²) in [5.74, 6) is 1.11. The van der Waals surface area contributed by atoms with E-state index in [1.807, 2.05) is 7.05 Å². The van der Waals surface area contributed by atoms with Crippen LogP contribution in [-0.4, -0.2) is 49.7 Å². The SMILES string of the molecule is CNCc1cc(N2CCN(C)C(C)C2)nc2ccccc12. The Labute approximate surface area is 126 Å². The fourth-order valence-electron chi connectivity index (χ4n) is 2.99. The minimum Gasteiger partial charge on any atom is -0.354 e. The Morgan fingerprint density at radius 3 is 2.86 bits per heavy atom. The van der Waals surface area contributed by atoms with E-state index in [2.05, 4.69) is 59.4 Å². The second-order valence-electron chi connectivity index (χ2n) is 5.96. The van der Waals surface area contributed by atoms with Gasteiger partial charge in [-0.25, -0.2) is 4.98 Å². The van der Waals surface area contributed by atoms with Crippen LogP contribution < -0.4 is 10.2 Å². The Morgan fingerprint density at radius 2 is 2.10 bits per heavy atom. The number of benzene rings is 1. The standard InChI is InChI=1S/C17H24N4/c1-13-12-21(9-8-20(13)3)17-10-14(11-18-2)15-6-4-5-7-16(15)19-17/h4-7,10,13,18H,8-9,11-12H2,1-3H3. The number of nitrogens with one attached hydrogen (secondary N) is 1. The molecule has 4 nitrogen and oxygen atoms in total. The van der Waals surface area contributed by atoms with Crippen LogP contribution in [0, 0.1) is 0 Å². The predicted molar refractivity (Wildman–Crippen MR) is 88.8 cm³/mol. The van der Waals surface area contributed by atoms with Gasteiger partial charge in [0.25, 0.3) is 0 Å². The zero-order chi connectivity index (χ0) is 14.8. The molecule has 1 aromatic carbocycles. The highest BCUT2D eigenvalue weighted by molar-refractivity contribution is 5.84. The van der Waals surface area contributed by atoms with Gasteiger partial charge in [-0.2, -0.15) is 0 Å². The molecule has 0 bridgehead atoms. The van der Waals surface area contributed by atoms with Gasteiger partial charge in [0, 0.05) is 37.6 Å². The first-order chi connectivity index (χ1) is 10.2. The highest BCUT2D eigenvalue weighted by atomic mass is 15.3. The van der Waals surface area contributed by atoms with Crippen LogP contribution in [0.4, 0.5) is 5.82 Å². The topological polar surface area (TPSA) is 31.4 Å². The Kier molecular flexibility index (Phi) is 4.08. The number of aromatic nitrogens is 1. The van der Waals surface area contributed by atoms with Gasteiger partial charge in [0.05, 0.1) is 5.52 Å². The first-order valence-corrected chi connectivity index (χ1v) is 7.67. The van der Waals surface area contributed by atoms with Gasteiger partial charge < -0.3 is 15.1 Å². The van der Waals surface area contributed by atoms with E-state index in [9.17, 15) is 0 Å². The molecule has 1 atom stereocenters. The van der Waals surface area contributed by atoms with Gasteiger partial charge in [0.1, 0.15) is 5.82 Å². The fraction of sp³-hybridized carbons (Fsp3) is 0.471. The summed E-state index contributed by atoms with van der Waals surface area (Å²) in [6, 6.07) is 11.2. The third-order valence-electron chi connectivity index (χ3n) is 4.44. The summed E-state index contributed by atoms with van der Waals surface area (Å²) in [6.45, 7) is 6.34. The maximum atomic E-state index is 4.88. The van der Waals surface area contributed by atoms with Gasteiger partial charge in [-0.15, -0.1) is 0 Å². The summed E-state index contributed by atoms with van der Waals surface area (Å²) in [7, 11) is 4.19. The van der Waals surface area contributed by atoms with Crippen LogP contribution in [0.5, 0.6) is 0 Å². The highest BCUT2D eigenvalue weighted by Crippen LogP contribution is 2.24. The Balaban J connectivity index is 1.99. The number of hydrogen-bond acceptors (Lipinski definition) is 4. The summed E-state index contributed by atoms with van der Waals surface area (Å²) in [4.78, 5) is 9.70. The van der Waals surface area contributed by atoms with E-state index in [0.29, 0.717) is 6.04 Å². The number of likely N-dealkylation sites (N-methyl/N-ethyl adjacent to an activating group) is 1. The molecular weight excluding hydrogens is 260 g/mol. The molecular formula is C17H24N4. The number of rotatable bonds is 3. The molecule has 0 amide bonds. The van der Waals surface area contributed by atoms with Crippen LogP contribution in [0.3, 0.4) is 0 Å². The van der Waals surface area contributed by atoms with E-state index in [1.54, 1.807) is 0 Å². The number of hydrogen-bond donors (Lipinski definition) is 1. The van der Waals surface area contributed by atoms with Crippen LogP contribution in [0.2, 0.25) is 0 Å². The van der Waals surface area contributed by atoms with Crippen molar-refractivity contribution in [2.45, 2.75) is 19.5 Å². The average molecular weight is 284 g/mol. The Hall–Kier alpha value is -1.65. The van der Waals surface area contributed by atoms with Crippen LogP contribution in [0.25, 0.3) is 10.9 Å². The van der Waals surface area contributed by atoms with Crippen LogP contribution in [0.1, 0.15) is 12.5 Å². The molecule has 3 rings (SSSR count). The molecule has 0 saturated carbocycles. The molecule has 1 fully saturated rings. The number of anilines is 1. The lowest BCUT2D eigenvalue weighted by Gasteiger charge is -2.38. The van der Waals surface area contributed by atoms with Crippen molar-refractivity contribution >= 4 is 16.7 Å². The third-order valence-corrected chi connectivity index (χ3v) is 4.44. The molecule has 1 unspecified atom stereocenters. The minimum absolute atomic E-state index is 0.569. The highest BCUT2D eigenvalue weighted by Gasteiger charge is 2.22. The molecule has 1 aliphatic heterocycles. The summed E-state index contributed by atoms with van der Waals surface area (Å²) >= 11 is 0. The quantitative estimate of drug-likeness (QED) is 0.935. The Morgan fingerprint density at radius 1 is 1.29 bits per heavy atom. The van der Waals surface area contributed by atoms with Gasteiger partial charge in [-0.05, 0) is 38.7 Å². The van der Waals surface area contributed by atoms with Crippen molar-refractivity contribution in [3.05, 3.63) is 35.9 Å². The lowest BCUT2D eigenvalue weighted by molar-refractivity contribution is 0.233. The normalized spacial score (nSPS) is 20.1. The van der Waals surface area contributed by atoms with E-state index in [4.69, 9.17) is 4.98 Å². The lowest BCUT2D eigenvalue weighted by atomic mass is 10.1. The van der Waals surface area contributed by atoms with Crippen molar-refractivity contribution in [3.8, 4) is 0 Å². The Bertz CT molecular complexity index is 625. The van der Waals surface area contributed by atoms with Crippen molar-refractivity contribution in [1.82, 2.24) is 15.2 Å². The molecule has 21 heavy (non-hydrogen) atoms. The summed E-state index contributed by atoms with van der Waals surface area (Å²) in [6.07, 6.45) is 0. The van der Waals surface area contributed by atoms with E-state index < -0.39 is 0 Å². The smallest absolute Gasteiger partial charge is 0.129 e. The molecule has 1 N–H and O–H groups in total. The van der Waals surface area contributed by atoms with Crippen LogP contribution in [-0.2, 0) is 6.54 Å². The van der Waals surface area contributed by atoms with Gasteiger partial charge >= 0.3 is 0 Å². The van der Waals surface area contributed by atoms with E-state index in [-0.39, 0.29) is 0 Å². The largest absolute Gasteiger partial charge is 0.354 e. The number of nitrogens with zero attached hydrogens (tertiary/aromatic N) is 3. The van der Waals surface area contributed by atoms with E-state index >= 15 is 0 Å². The minimum atomic E-state index is 0.569. The van der Waals surface area contributed by atoms with Crippen molar-refractivity contribution < 1.29 is 0 Å². The maximum absolute atomic E-state index is 4.88. The lowest BCUT2D eigenvalue weighted by Crippen LogP contribution is -2.50. The molecule has 112 valence electrons. The van der Waals surface area contributed by atoms with Crippen LogP contribution in [0.15, 0.2) is 30.3 Å². The number of pyridine rings is 1. The zero-order valence-electron chi connectivity index (χ0n) is 13.1. The molecule has 0 radical (unpaired) electrons. The molecule has 1 aromatic heterocycles. The fourth-order valence-corrected chi connectivity index (χ4v) is 2.99. The molecule has 1 aliphatic rings. The molecule has 2 heterocycles. The van der Waals surface area contributed by atoms with Gasteiger partial charge in [0.2, 0.25) is 0 Å². The number of para-hydroxylation sites is 1. The van der Waals surface area contributed by atoms with Gasteiger partial charge in [-0.1, -0.05) is 18.2 Å². The van der Waals surface area contributed by atoms with Crippen LogP contribution >= 0.6 is 0 Å². The molecule has 2 aromatic rings. The van der Waals surface area contributed by atoms with Gasteiger partial charge in [0.15, 0.2) is 0 Å². The van der Waals surface area contributed by atoms with E-state index in [1.165, 1.54) is 10.9 Å². The van der Waals surface area contributed by atoms with Crippen molar-refractivity contribution in [1.29, 1.82) is 0 Å². The second kappa shape index (κ2) is 6.00. The van der Waals surface area contributed by atoms with E-state index in [0.717, 1.165) is 37.5 Å². The van der Waals surface area contributed by atoms with Crippen molar-refractivity contribution in [2.75, 3.05) is 38.6 Å². The number of fused-ring (bicyclic) bond motifs is 1. The zero-order valence-corrected chi connectivity index (χ0v) is 13.1. The molecule has 1 saturated heterocycles. The molecule has 0 spiro atoms. The maximum Gasteiger partial charge on any atom is 0.129 e. The van der Waals surface area contributed by atoms with Crippen molar-refractivity contribution in [3.63, 3.8) is 0 Å². The summed E-state index contributed by atoms with van der Waals surface area (Å²) in [5.41, 5.74) is 2.41. The first kappa shape index (κ1) is 14.3. The second-order valence-corrected chi connectivity index (χ2v) is 5.96. The monoisotopic (exact) mass is 284 g/mol. The van der Waals surface area contributed by atoms with Crippen molar-refractivity contribution in [2.24, 2.45) is 0 Å². The summed E-state index contributed by atoms with van der Waals surface area (Å²) in [5, 5.41) is 4.52. The molecule has 4 heteroatoms.